The third-order valence-corrected chi connectivity index (χ3v) is 3.17. The number of pyridine rings is 1. The van der Waals surface area contributed by atoms with E-state index in [1.54, 1.807) is 6.20 Å². The fourth-order valence-electron chi connectivity index (χ4n) is 1.99. The van der Waals surface area contributed by atoms with Gasteiger partial charge in [-0.2, -0.15) is 5.10 Å². The van der Waals surface area contributed by atoms with Crippen molar-refractivity contribution in [2.24, 2.45) is 0 Å². The Labute approximate surface area is 109 Å². The van der Waals surface area contributed by atoms with Crippen molar-refractivity contribution < 1.29 is 0 Å². The van der Waals surface area contributed by atoms with E-state index in [1.165, 1.54) is 0 Å². The van der Waals surface area contributed by atoms with Crippen molar-refractivity contribution in [3.63, 3.8) is 0 Å². The molecule has 0 amide bonds. The first-order chi connectivity index (χ1) is 8.74. The molecule has 5 nitrogen and oxygen atoms in total. The van der Waals surface area contributed by atoms with Crippen molar-refractivity contribution in [3.05, 3.63) is 41.1 Å². The molecule has 0 spiro atoms. The summed E-state index contributed by atoms with van der Waals surface area (Å²) in [7, 11) is 0. The molecule has 1 N–H and O–H groups in total. The highest BCUT2D eigenvalue weighted by atomic mass is 32.1. The monoisotopic (exact) mass is 259 g/mol. The Morgan fingerprint density at radius 1 is 1.39 bits per heavy atom. The molecule has 0 saturated heterocycles. The van der Waals surface area contributed by atoms with Crippen molar-refractivity contribution in [2.45, 2.75) is 20.0 Å². The van der Waals surface area contributed by atoms with Gasteiger partial charge in [-0.3, -0.25) is 9.25 Å². The predicted octanol–water partition coefficient (Wildman–Crippen LogP) is 2.30. The van der Waals surface area contributed by atoms with Crippen LogP contribution in [-0.2, 0) is 13.1 Å². The molecule has 92 valence electrons. The molecule has 0 aliphatic carbocycles. The van der Waals surface area contributed by atoms with Crippen molar-refractivity contribution >= 4 is 23.4 Å². The highest BCUT2D eigenvalue weighted by molar-refractivity contribution is 7.71. The lowest BCUT2D eigenvalue weighted by Crippen LogP contribution is -2.08. The van der Waals surface area contributed by atoms with Crippen molar-refractivity contribution in [3.8, 4) is 0 Å². The third kappa shape index (κ3) is 1.95. The summed E-state index contributed by atoms with van der Waals surface area (Å²) >= 11 is 5.31. The Morgan fingerprint density at radius 3 is 3.06 bits per heavy atom. The Bertz CT molecular complexity index is 736. The lowest BCUT2D eigenvalue weighted by Gasteiger charge is -2.03. The SMILES string of the molecule is Cc1cnn(CCn2c(=S)[nH]c3cccnc32)c1. The molecule has 0 fully saturated rings. The molecule has 18 heavy (non-hydrogen) atoms. The van der Waals surface area contributed by atoms with Gasteiger partial charge in [-0.15, -0.1) is 0 Å². The summed E-state index contributed by atoms with van der Waals surface area (Å²) in [6.07, 6.45) is 5.65. The Kier molecular flexibility index (Phi) is 2.71. The number of fused-ring (bicyclic) bond motifs is 1. The van der Waals surface area contributed by atoms with E-state index < -0.39 is 0 Å². The number of hydrogen-bond acceptors (Lipinski definition) is 3. The molecule has 0 radical (unpaired) electrons. The van der Waals surface area contributed by atoms with Crippen LogP contribution in [0.1, 0.15) is 5.56 Å². The van der Waals surface area contributed by atoms with Crippen LogP contribution in [0, 0.1) is 11.7 Å². The predicted molar refractivity (Wildman–Crippen MR) is 71.9 cm³/mol. The van der Waals surface area contributed by atoms with Crippen LogP contribution in [0.5, 0.6) is 0 Å². The minimum absolute atomic E-state index is 0.701. The van der Waals surface area contributed by atoms with E-state index in [2.05, 4.69) is 15.1 Å². The Hall–Kier alpha value is -1.95. The molecular weight excluding hydrogens is 246 g/mol. The van der Waals surface area contributed by atoms with Crippen LogP contribution in [0.2, 0.25) is 0 Å². The topological polar surface area (TPSA) is 51.4 Å². The summed E-state index contributed by atoms with van der Waals surface area (Å²) in [6.45, 7) is 3.57. The minimum atomic E-state index is 0.701. The summed E-state index contributed by atoms with van der Waals surface area (Å²) in [6, 6.07) is 3.88. The number of imidazole rings is 1. The molecule has 3 rings (SSSR count). The summed E-state index contributed by atoms with van der Waals surface area (Å²) in [5.41, 5.74) is 3.03. The van der Waals surface area contributed by atoms with E-state index in [0.29, 0.717) is 4.77 Å². The molecular formula is C12H13N5S. The average Bonchev–Trinajstić information content (AvgIpc) is 2.90. The second-order valence-electron chi connectivity index (χ2n) is 4.24. The molecule has 0 bridgehead atoms. The summed E-state index contributed by atoms with van der Waals surface area (Å²) in [4.78, 5) is 7.51. The van der Waals surface area contributed by atoms with Crippen LogP contribution in [0.4, 0.5) is 0 Å². The van der Waals surface area contributed by atoms with Gasteiger partial charge in [0.25, 0.3) is 0 Å². The molecule has 0 aromatic carbocycles. The maximum absolute atomic E-state index is 5.31. The first-order valence-corrected chi connectivity index (χ1v) is 6.17. The van der Waals surface area contributed by atoms with E-state index in [0.717, 1.165) is 29.8 Å². The second kappa shape index (κ2) is 4.38. The van der Waals surface area contributed by atoms with Crippen LogP contribution in [-0.4, -0.2) is 24.3 Å². The van der Waals surface area contributed by atoms with E-state index in [4.69, 9.17) is 12.2 Å². The van der Waals surface area contributed by atoms with E-state index >= 15 is 0 Å². The smallest absolute Gasteiger partial charge is 0.179 e. The third-order valence-electron chi connectivity index (χ3n) is 2.84. The van der Waals surface area contributed by atoms with Crippen LogP contribution >= 0.6 is 12.2 Å². The molecule has 0 saturated carbocycles. The molecule has 6 heteroatoms. The van der Waals surface area contributed by atoms with Gasteiger partial charge in [0, 0.05) is 18.9 Å². The number of nitrogens with zero attached hydrogens (tertiary/aromatic N) is 4. The van der Waals surface area contributed by atoms with Gasteiger partial charge in [-0.25, -0.2) is 4.98 Å². The van der Waals surface area contributed by atoms with E-state index in [9.17, 15) is 0 Å². The lowest BCUT2D eigenvalue weighted by atomic mass is 10.4. The van der Waals surface area contributed by atoms with Crippen LogP contribution in [0.15, 0.2) is 30.7 Å². The standard InChI is InChI=1S/C12H13N5S/c1-9-7-14-16(8-9)5-6-17-11-10(15-12(17)18)3-2-4-13-11/h2-4,7-8H,5-6H2,1H3,(H,15,18). The molecule has 0 aliphatic heterocycles. The molecule has 3 heterocycles. The van der Waals surface area contributed by atoms with Crippen molar-refractivity contribution in [1.29, 1.82) is 0 Å². The van der Waals surface area contributed by atoms with Crippen LogP contribution < -0.4 is 0 Å². The molecule has 0 atom stereocenters. The van der Waals surface area contributed by atoms with E-state index in [1.807, 2.05) is 40.7 Å². The zero-order chi connectivity index (χ0) is 12.5. The fraction of sp³-hybridized carbons (Fsp3) is 0.250. The quantitative estimate of drug-likeness (QED) is 0.734. The van der Waals surface area contributed by atoms with Gasteiger partial charge in [0.15, 0.2) is 10.4 Å². The van der Waals surface area contributed by atoms with E-state index in [-0.39, 0.29) is 0 Å². The Balaban J connectivity index is 1.90. The summed E-state index contributed by atoms with van der Waals surface area (Å²) in [5, 5.41) is 4.26. The van der Waals surface area contributed by atoms with Gasteiger partial charge >= 0.3 is 0 Å². The molecule has 0 aliphatic rings. The van der Waals surface area contributed by atoms with Gasteiger partial charge in [0.1, 0.15) is 0 Å². The van der Waals surface area contributed by atoms with Gasteiger partial charge in [-0.05, 0) is 36.8 Å². The van der Waals surface area contributed by atoms with Crippen molar-refractivity contribution in [2.75, 3.05) is 0 Å². The van der Waals surface area contributed by atoms with Gasteiger partial charge < -0.3 is 4.98 Å². The molecule has 3 aromatic heterocycles. The second-order valence-corrected chi connectivity index (χ2v) is 4.62. The number of aryl methyl sites for hydroxylation is 3. The first kappa shape index (κ1) is 11.2. The van der Waals surface area contributed by atoms with Gasteiger partial charge in [0.2, 0.25) is 0 Å². The highest BCUT2D eigenvalue weighted by Gasteiger charge is 2.04. The maximum Gasteiger partial charge on any atom is 0.179 e. The minimum Gasteiger partial charge on any atom is -0.329 e. The normalized spacial score (nSPS) is 11.2. The zero-order valence-corrected chi connectivity index (χ0v) is 10.8. The molecule has 0 unspecified atom stereocenters. The number of hydrogen-bond donors (Lipinski definition) is 1. The van der Waals surface area contributed by atoms with Gasteiger partial charge in [0.05, 0.1) is 18.3 Å². The summed E-state index contributed by atoms with van der Waals surface area (Å²) < 4.78 is 4.62. The van der Waals surface area contributed by atoms with Gasteiger partial charge in [-0.1, -0.05) is 0 Å². The number of H-pyrrole nitrogens is 1. The summed E-state index contributed by atoms with van der Waals surface area (Å²) in [5.74, 6) is 0. The maximum atomic E-state index is 5.31. The zero-order valence-electron chi connectivity index (χ0n) is 10.00. The molecule has 3 aromatic rings. The number of aromatic nitrogens is 5. The highest BCUT2D eigenvalue weighted by Crippen LogP contribution is 2.10. The fourth-order valence-corrected chi connectivity index (χ4v) is 2.28. The largest absolute Gasteiger partial charge is 0.329 e. The number of aromatic amines is 1. The van der Waals surface area contributed by atoms with Crippen molar-refractivity contribution in [1.82, 2.24) is 24.3 Å². The number of rotatable bonds is 3. The lowest BCUT2D eigenvalue weighted by molar-refractivity contribution is 0.536. The Morgan fingerprint density at radius 2 is 2.28 bits per heavy atom. The average molecular weight is 259 g/mol. The number of nitrogens with one attached hydrogen (secondary N) is 1. The van der Waals surface area contributed by atoms with Crippen LogP contribution in [0.3, 0.4) is 0 Å². The van der Waals surface area contributed by atoms with Crippen LogP contribution in [0.25, 0.3) is 11.2 Å². The first-order valence-electron chi connectivity index (χ1n) is 5.76.